The van der Waals surface area contributed by atoms with Gasteiger partial charge in [-0.15, -0.1) is 0 Å². The first kappa shape index (κ1) is 16.7. The van der Waals surface area contributed by atoms with Gasteiger partial charge in [0.15, 0.2) is 0 Å². The zero-order valence-electron chi connectivity index (χ0n) is 13.8. The molecule has 1 aromatic carbocycles. The van der Waals surface area contributed by atoms with Crippen LogP contribution in [-0.4, -0.2) is 40.8 Å². The molecule has 1 saturated heterocycles. The molecule has 24 heavy (non-hydrogen) atoms. The molecule has 1 aliphatic heterocycles. The summed E-state index contributed by atoms with van der Waals surface area (Å²) in [6.07, 6.45) is 5.58. The normalized spacial score (nSPS) is 16.7. The summed E-state index contributed by atoms with van der Waals surface area (Å²) in [7, 11) is 0. The lowest BCUT2D eigenvalue weighted by Gasteiger charge is -2.31. The third-order valence-corrected chi connectivity index (χ3v) is 4.47. The lowest BCUT2D eigenvalue weighted by atomic mass is 9.90. The molecule has 0 bridgehead atoms. The van der Waals surface area contributed by atoms with Gasteiger partial charge in [0.25, 0.3) is 0 Å². The minimum atomic E-state index is -0.794. The minimum absolute atomic E-state index is 0.0908. The van der Waals surface area contributed by atoms with Crippen LogP contribution in [0.2, 0.25) is 0 Å². The summed E-state index contributed by atoms with van der Waals surface area (Å²) in [5.41, 5.74) is 6.61. The van der Waals surface area contributed by atoms with Gasteiger partial charge in [-0.25, -0.2) is 4.98 Å². The molecule has 6 heteroatoms. The predicted molar refractivity (Wildman–Crippen MR) is 91.5 cm³/mol. The number of ether oxygens (including phenoxy) is 1. The number of benzene rings is 1. The van der Waals surface area contributed by atoms with Gasteiger partial charge < -0.3 is 20.4 Å². The molecule has 0 aliphatic carbocycles. The molecular weight excluding hydrogens is 304 g/mol. The largest absolute Gasteiger partial charge is 0.381 e. The van der Waals surface area contributed by atoms with Crippen molar-refractivity contribution in [2.45, 2.75) is 31.3 Å². The number of amides is 1. The Morgan fingerprint density at radius 1 is 1.29 bits per heavy atom. The van der Waals surface area contributed by atoms with Crippen LogP contribution in [0.3, 0.4) is 0 Å². The Morgan fingerprint density at radius 3 is 2.79 bits per heavy atom. The maximum absolute atomic E-state index is 12.3. The number of imidazole rings is 1. The Bertz CT molecular complexity index is 663. The molecule has 1 aliphatic rings. The zero-order chi connectivity index (χ0) is 16.8. The molecule has 3 rings (SSSR count). The number of aromatic nitrogens is 2. The van der Waals surface area contributed by atoms with E-state index in [9.17, 15) is 4.79 Å². The Morgan fingerprint density at radius 2 is 2.04 bits per heavy atom. The van der Waals surface area contributed by atoms with E-state index < -0.39 is 5.54 Å². The fraction of sp³-hybridized carbons (Fsp3) is 0.444. The second-order valence-corrected chi connectivity index (χ2v) is 6.23. The Labute approximate surface area is 142 Å². The molecule has 3 N–H and O–H groups in total. The van der Waals surface area contributed by atoms with Crippen molar-refractivity contribution in [1.82, 2.24) is 14.9 Å². The highest BCUT2D eigenvalue weighted by Gasteiger charge is 2.35. The third-order valence-electron chi connectivity index (χ3n) is 4.47. The van der Waals surface area contributed by atoms with Crippen LogP contribution in [-0.2, 0) is 22.5 Å². The number of nitrogens with zero attached hydrogens (tertiary/aromatic N) is 2. The maximum atomic E-state index is 12.3. The van der Waals surface area contributed by atoms with Crippen LogP contribution in [0.1, 0.15) is 24.2 Å². The Kier molecular flexibility index (Phi) is 5.27. The number of carbonyl (C=O) groups excluding carboxylic acids is 1. The van der Waals surface area contributed by atoms with E-state index in [1.165, 1.54) is 5.56 Å². The van der Waals surface area contributed by atoms with Crippen LogP contribution in [0.25, 0.3) is 0 Å². The second kappa shape index (κ2) is 7.59. The number of nitrogens with two attached hydrogens (primary N) is 1. The average Bonchev–Trinajstić information content (AvgIpc) is 3.03. The molecule has 128 valence electrons. The zero-order valence-corrected chi connectivity index (χ0v) is 13.8. The highest BCUT2D eigenvalue weighted by Crippen LogP contribution is 2.17. The van der Waals surface area contributed by atoms with E-state index in [4.69, 9.17) is 10.5 Å². The van der Waals surface area contributed by atoms with Gasteiger partial charge in [0.05, 0.1) is 5.54 Å². The summed E-state index contributed by atoms with van der Waals surface area (Å²) >= 11 is 0. The fourth-order valence-electron chi connectivity index (χ4n) is 2.92. The summed E-state index contributed by atoms with van der Waals surface area (Å²) in [4.78, 5) is 16.7. The number of nitrogens with one attached hydrogen (secondary N) is 1. The lowest BCUT2D eigenvalue weighted by Crippen LogP contribution is -2.57. The van der Waals surface area contributed by atoms with E-state index in [0.717, 1.165) is 12.4 Å². The van der Waals surface area contributed by atoms with Gasteiger partial charge in [-0.3, -0.25) is 4.79 Å². The van der Waals surface area contributed by atoms with Gasteiger partial charge in [0, 0.05) is 45.1 Å². The van der Waals surface area contributed by atoms with E-state index in [-0.39, 0.29) is 5.91 Å². The molecule has 0 saturated carbocycles. The summed E-state index contributed by atoms with van der Waals surface area (Å²) < 4.78 is 7.38. The van der Waals surface area contributed by atoms with Gasteiger partial charge in [-0.2, -0.15) is 0 Å². The fourth-order valence-corrected chi connectivity index (χ4v) is 2.92. The van der Waals surface area contributed by atoms with Crippen molar-refractivity contribution in [2.75, 3.05) is 19.8 Å². The van der Waals surface area contributed by atoms with Crippen LogP contribution in [0.5, 0.6) is 0 Å². The van der Waals surface area contributed by atoms with Gasteiger partial charge >= 0.3 is 0 Å². The number of rotatable bonds is 6. The molecule has 2 heterocycles. The van der Waals surface area contributed by atoms with E-state index in [1.807, 2.05) is 24.4 Å². The molecule has 6 nitrogen and oxygen atoms in total. The van der Waals surface area contributed by atoms with Crippen LogP contribution < -0.4 is 11.1 Å². The van der Waals surface area contributed by atoms with Crippen molar-refractivity contribution in [3.63, 3.8) is 0 Å². The van der Waals surface area contributed by atoms with Crippen molar-refractivity contribution in [2.24, 2.45) is 5.73 Å². The molecule has 0 atom stereocenters. The van der Waals surface area contributed by atoms with E-state index in [1.54, 1.807) is 6.20 Å². The molecule has 1 fully saturated rings. The molecule has 0 unspecified atom stereocenters. The van der Waals surface area contributed by atoms with E-state index >= 15 is 0 Å². The highest BCUT2D eigenvalue weighted by atomic mass is 16.5. The molecule has 0 radical (unpaired) electrons. The number of carbonyl (C=O) groups is 1. The molecule has 0 spiro atoms. The first-order chi connectivity index (χ1) is 11.7. The highest BCUT2D eigenvalue weighted by molar-refractivity contribution is 5.86. The average molecular weight is 328 g/mol. The van der Waals surface area contributed by atoms with Gasteiger partial charge in [-0.05, 0) is 18.4 Å². The van der Waals surface area contributed by atoms with Gasteiger partial charge in [0.1, 0.15) is 5.82 Å². The maximum Gasteiger partial charge on any atom is 0.240 e. The molecule has 2 aromatic rings. The quantitative estimate of drug-likeness (QED) is 0.832. The van der Waals surface area contributed by atoms with Gasteiger partial charge in [0.2, 0.25) is 5.91 Å². The first-order valence-electron chi connectivity index (χ1n) is 8.36. The van der Waals surface area contributed by atoms with E-state index in [0.29, 0.717) is 39.0 Å². The summed E-state index contributed by atoms with van der Waals surface area (Å²) in [6, 6.07) is 10.2. The van der Waals surface area contributed by atoms with Crippen molar-refractivity contribution in [3.8, 4) is 0 Å². The van der Waals surface area contributed by atoms with Crippen LogP contribution in [0.15, 0.2) is 42.7 Å². The lowest BCUT2D eigenvalue weighted by molar-refractivity contribution is -0.129. The molecular formula is C18H24N4O2. The second-order valence-electron chi connectivity index (χ2n) is 6.23. The summed E-state index contributed by atoms with van der Waals surface area (Å²) in [6.45, 7) is 2.41. The van der Waals surface area contributed by atoms with Crippen molar-refractivity contribution in [3.05, 3.63) is 54.1 Å². The monoisotopic (exact) mass is 328 g/mol. The van der Waals surface area contributed by atoms with Crippen LogP contribution in [0, 0.1) is 0 Å². The summed E-state index contributed by atoms with van der Waals surface area (Å²) in [5, 5.41) is 2.95. The third kappa shape index (κ3) is 4.01. The summed E-state index contributed by atoms with van der Waals surface area (Å²) in [5.74, 6) is 0.865. The Hall–Kier alpha value is -2.18. The number of hydrogen-bond acceptors (Lipinski definition) is 4. The van der Waals surface area contributed by atoms with Crippen molar-refractivity contribution >= 4 is 5.91 Å². The Balaban J connectivity index is 1.52. The minimum Gasteiger partial charge on any atom is -0.381 e. The van der Waals surface area contributed by atoms with Crippen molar-refractivity contribution in [1.29, 1.82) is 0 Å². The van der Waals surface area contributed by atoms with Gasteiger partial charge in [-0.1, -0.05) is 30.3 Å². The molecule has 1 amide bonds. The topological polar surface area (TPSA) is 82.2 Å². The van der Waals surface area contributed by atoms with Crippen LogP contribution >= 0.6 is 0 Å². The smallest absolute Gasteiger partial charge is 0.240 e. The van der Waals surface area contributed by atoms with Crippen LogP contribution in [0.4, 0.5) is 0 Å². The standard InChI is InChI=1S/C18H24N4O2/c19-18(7-12-24-13-8-18)17(23)21-9-6-16-20-10-11-22(16)14-15-4-2-1-3-5-15/h1-5,10-11H,6-9,12-14,19H2,(H,21,23). The number of hydrogen-bond donors (Lipinski definition) is 2. The SMILES string of the molecule is NC1(C(=O)NCCc2nccn2Cc2ccccc2)CCOCC1. The van der Waals surface area contributed by atoms with E-state index in [2.05, 4.69) is 27.0 Å². The molecule has 1 aromatic heterocycles. The predicted octanol–water partition coefficient (Wildman–Crippen LogP) is 1.10. The van der Waals surface area contributed by atoms with Crippen molar-refractivity contribution < 1.29 is 9.53 Å². The first-order valence-corrected chi connectivity index (χ1v) is 8.36.